The third-order valence-corrected chi connectivity index (χ3v) is 11.6. The Morgan fingerprint density at radius 1 is 0.962 bits per heavy atom. The molecule has 3 amide bonds. The van der Waals surface area contributed by atoms with Gasteiger partial charge in [0.1, 0.15) is 6.04 Å². The maximum atomic E-state index is 13.7. The van der Waals surface area contributed by atoms with E-state index in [4.69, 9.17) is 9.84 Å². The molecule has 1 aliphatic heterocycles. The normalized spacial score (nSPS) is 18.6. The summed E-state index contributed by atoms with van der Waals surface area (Å²) in [7, 11) is -3.68. The molecular weight excluding hydrogens is 689 g/mol. The number of aryl methyl sites for hydroxylation is 1. The Bertz CT molecular complexity index is 1960. The molecule has 1 aromatic heterocycles. The van der Waals surface area contributed by atoms with Crippen LogP contribution in [0.5, 0.6) is 0 Å². The third-order valence-electron chi connectivity index (χ3n) is 9.69. The molecule has 4 aromatic rings. The van der Waals surface area contributed by atoms with Crippen molar-refractivity contribution >= 4 is 33.6 Å². The van der Waals surface area contributed by atoms with E-state index >= 15 is 0 Å². The van der Waals surface area contributed by atoms with E-state index in [-0.39, 0.29) is 35.0 Å². The average molecular weight is 731 g/mol. The minimum Gasteiger partial charge on any atom is -0.465 e. The number of carbonyl (C=O) groups is 3. The van der Waals surface area contributed by atoms with E-state index in [1.807, 2.05) is 31.2 Å². The molecule has 1 saturated carbocycles. The van der Waals surface area contributed by atoms with Crippen LogP contribution >= 0.6 is 0 Å². The van der Waals surface area contributed by atoms with Crippen molar-refractivity contribution in [3.63, 3.8) is 0 Å². The SMILES string of the molecule is Cc1ccc(S(=O)(=O)N2CCOCC2)cc1-c1ccc(C[C@H](NC(=O)[C@H]2CC[C@H](CNC(=O)O)CC2)C(=O)Nc2ccc(-c3nnn[nH]3)cc2)cc1. The molecule has 0 unspecified atom stereocenters. The van der Waals surface area contributed by atoms with Gasteiger partial charge in [-0.25, -0.2) is 18.3 Å². The van der Waals surface area contributed by atoms with Gasteiger partial charge in [-0.2, -0.15) is 4.31 Å². The monoisotopic (exact) mass is 730 g/mol. The molecule has 0 radical (unpaired) electrons. The van der Waals surface area contributed by atoms with E-state index in [1.54, 1.807) is 42.5 Å². The molecule has 15 nitrogen and oxygen atoms in total. The summed E-state index contributed by atoms with van der Waals surface area (Å²) < 4.78 is 33.5. The Hall–Kier alpha value is -5.19. The van der Waals surface area contributed by atoms with Gasteiger partial charge in [0.05, 0.1) is 18.1 Å². The summed E-state index contributed by atoms with van der Waals surface area (Å²) in [5.41, 5.74) is 4.59. The van der Waals surface area contributed by atoms with Crippen molar-refractivity contribution in [2.75, 3.05) is 38.2 Å². The summed E-state index contributed by atoms with van der Waals surface area (Å²) in [4.78, 5) is 38.4. The van der Waals surface area contributed by atoms with Gasteiger partial charge in [0.2, 0.25) is 21.8 Å². The Balaban J connectivity index is 1.17. The van der Waals surface area contributed by atoms with Gasteiger partial charge in [-0.3, -0.25) is 9.59 Å². The summed E-state index contributed by atoms with van der Waals surface area (Å²) >= 11 is 0. The quantitative estimate of drug-likeness (QED) is 0.143. The van der Waals surface area contributed by atoms with Crippen molar-refractivity contribution in [3.05, 3.63) is 77.9 Å². The lowest BCUT2D eigenvalue weighted by Crippen LogP contribution is -2.48. The first-order chi connectivity index (χ1) is 25.1. The van der Waals surface area contributed by atoms with Crippen molar-refractivity contribution in [3.8, 4) is 22.5 Å². The van der Waals surface area contributed by atoms with Crippen molar-refractivity contribution in [2.45, 2.75) is 50.0 Å². The molecule has 0 spiro atoms. The zero-order valence-corrected chi connectivity index (χ0v) is 29.6. The number of nitrogens with one attached hydrogen (secondary N) is 4. The average Bonchev–Trinajstić information content (AvgIpc) is 3.70. The summed E-state index contributed by atoms with van der Waals surface area (Å²) in [6.07, 6.45) is 1.75. The first-order valence-electron chi connectivity index (χ1n) is 17.3. The first-order valence-corrected chi connectivity index (χ1v) is 18.7. The lowest BCUT2D eigenvalue weighted by molar-refractivity contribution is -0.130. The van der Waals surface area contributed by atoms with Crippen LogP contribution < -0.4 is 16.0 Å². The fraction of sp³-hybridized carbons (Fsp3) is 0.389. The predicted molar refractivity (Wildman–Crippen MR) is 192 cm³/mol. The van der Waals surface area contributed by atoms with Gasteiger partial charge in [-0.1, -0.05) is 30.3 Å². The number of ether oxygens (including phenoxy) is 1. The smallest absolute Gasteiger partial charge is 0.404 e. The second kappa shape index (κ2) is 16.4. The number of aromatic nitrogens is 4. The summed E-state index contributed by atoms with van der Waals surface area (Å²) in [6, 6.07) is 18.8. The number of benzene rings is 3. The molecule has 1 aliphatic carbocycles. The van der Waals surface area contributed by atoms with Crippen LogP contribution in [-0.2, 0) is 30.8 Å². The second-order valence-corrected chi connectivity index (χ2v) is 15.1. The zero-order valence-electron chi connectivity index (χ0n) is 28.7. The zero-order chi connectivity index (χ0) is 36.7. The minimum absolute atomic E-state index is 0.164. The number of morpholine rings is 1. The third kappa shape index (κ3) is 8.99. The molecule has 0 bridgehead atoms. The number of rotatable bonds is 12. The number of carboxylic acid groups (broad SMARTS) is 1. The molecule has 1 saturated heterocycles. The number of sulfonamides is 1. The maximum Gasteiger partial charge on any atom is 0.404 e. The highest BCUT2D eigenvalue weighted by Crippen LogP contribution is 2.30. The highest BCUT2D eigenvalue weighted by atomic mass is 32.2. The summed E-state index contributed by atoms with van der Waals surface area (Å²) in [5, 5.41) is 31.1. The summed E-state index contributed by atoms with van der Waals surface area (Å²) in [5.74, 6) is -0.249. The molecule has 52 heavy (non-hydrogen) atoms. The number of anilines is 1. The maximum absolute atomic E-state index is 13.7. The van der Waals surface area contributed by atoms with E-state index in [0.717, 1.165) is 27.8 Å². The fourth-order valence-electron chi connectivity index (χ4n) is 6.65. The van der Waals surface area contributed by atoms with Crippen LogP contribution in [0.2, 0.25) is 0 Å². The number of H-pyrrole nitrogens is 1. The molecule has 16 heteroatoms. The number of nitrogens with zero attached hydrogens (tertiary/aromatic N) is 4. The summed E-state index contributed by atoms with van der Waals surface area (Å²) in [6.45, 7) is 3.62. The number of aromatic amines is 1. The van der Waals surface area contributed by atoms with E-state index < -0.39 is 22.2 Å². The van der Waals surface area contributed by atoms with Crippen LogP contribution in [0.15, 0.2) is 71.6 Å². The van der Waals surface area contributed by atoms with Crippen LogP contribution in [0.25, 0.3) is 22.5 Å². The predicted octanol–water partition coefficient (Wildman–Crippen LogP) is 3.60. The van der Waals surface area contributed by atoms with Crippen LogP contribution in [0.1, 0.15) is 36.8 Å². The molecule has 6 rings (SSSR count). The Morgan fingerprint density at radius 2 is 1.65 bits per heavy atom. The molecule has 1 atom stereocenters. The topological polar surface area (TPSA) is 209 Å². The van der Waals surface area contributed by atoms with E-state index in [9.17, 15) is 22.8 Å². The van der Waals surface area contributed by atoms with Crippen LogP contribution in [0.3, 0.4) is 0 Å². The lowest BCUT2D eigenvalue weighted by Gasteiger charge is -2.29. The highest BCUT2D eigenvalue weighted by molar-refractivity contribution is 7.89. The number of amides is 3. The molecule has 3 aromatic carbocycles. The molecule has 2 fully saturated rings. The van der Waals surface area contributed by atoms with Gasteiger partial charge in [0.15, 0.2) is 5.82 Å². The van der Waals surface area contributed by atoms with E-state index in [2.05, 4.69) is 36.6 Å². The van der Waals surface area contributed by atoms with Crippen LogP contribution in [0, 0.1) is 18.8 Å². The number of hydrogen-bond donors (Lipinski definition) is 5. The van der Waals surface area contributed by atoms with Crippen molar-refractivity contribution in [2.24, 2.45) is 11.8 Å². The minimum atomic E-state index is -3.68. The molecule has 2 heterocycles. The van der Waals surface area contributed by atoms with Gasteiger partial charge < -0.3 is 25.8 Å². The molecule has 2 aliphatic rings. The van der Waals surface area contributed by atoms with Crippen molar-refractivity contribution in [1.29, 1.82) is 0 Å². The molecular formula is C36H42N8O7S. The number of hydrogen-bond acceptors (Lipinski definition) is 9. The number of tetrazole rings is 1. The molecule has 5 N–H and O–H groups in total. The number of carbonyl (C=O) groups excluding carboxylic acids is 2. The van der Waals surface area contributed by atoms with Crippen LogP contribution in [-0.4, -0.2) is 95.3 Å². The standard InChI is InChI=1S/C36H42N8O7S/c1-23-2-15-30(52(49,50)44-16-18-51-19-17-44)21-31(23)26-7-3-24(4-8-26)20-32(39-34(45)28-9-5-25(6-10-28)22-37-36(47)48)35(46)38-29-13-11-27(12-14-29)33-40-42-43-41-33/h2-4,7-8,11-15,21,25,28,32,37H,5-6,9-10,16-20,22H2,1H3,(H,38,46)(H,39,45)(H,47,48)(H,40,41,42,43)/t25-,28-,32-/m0/s1. The van der Waals surface area contributed by atoms with Gasteiger partial charge in [-0.15, -0.1) is 5.10 Å². The largest absolute Gasteiger partial charge is 0.465 e. The lowest BCUT2D eigenvalue weighted by atomic mass is 9.81. The van der Waals surface area contributed by atoms with Gasteiger partial charge in [0.25, 0.3) is 0 Å². The Labute approximate surface area is 301 Å². The van der Waals surface area contributed by atoms with Crippen molar-refractivity contribution < 1.29 is 32.6 Å². The highest BCUT2D eigenvalue weighted by Gasteiger charge is 2.30. The first kappa shape index (κ1) is 36.6. The fourth-order valence-corrected chi connectivity index (χ4v) is 8.08. The van der Waals surface area contributed by atoms with E-state index in [1.165, 1.54) is 4.31 Å². The Kier molecular flexibility index (Phi) is 11.6. The van der Waals surface area contributed by atoms with Crippen LogP contribution in [0.4, 0.5) is 10.5 Å². The van der Waals surface area contributed by atoms with Gasteiger partial charge in [0, 0.05) is 43.2 Å². The second-order valence-electron chi connectivity index (χ2n) is 13.2. The Morgan fingerprint density at radius 3 is 2.31 bits per heavy atom. The van der Waals surface area contributed by atoms with Crippen molar-refractivity contribution in [1.82, 2.24) is 35.6 Å². The van der Waals surface area contributed by atoms with E-state index in [0.29, 0.717) is 70.0 Å². The van der Waals surface area contributed by atoms with Gasteiger partial charge in [-0.05, 0) is 108 Å². The molecule has 274 valence electrons. The van der Waals surface area contributed by atoms with Gasteiger partial charge >= 0.3 is 6.09 Å².